The monoisotopic (exact) mass is 382 g/mol. The van der Waals surface area contributed by atoms with Crippen molar-refractivity contribution in [2.75, 3.05) is 39.3 Å². The molecule has 0 saturated carbocycles. The molecule has 0 aliphatic carbocycles. The molecule has 130 valence electrons. The van der Waals surface area contributed by atoms with Gasteiger partial charge in [0.15, 0.2) is 0 Å². The van der Waals surface area contributed by atoms with Gasteiger partial charge in [-0.1, -0.05) is 0 Å². The van der Waals surface area contributed by atoms with Gasteiger partial charge in [-0.3, -0.25) is 0 Å². The predicted molar refractivity (Wildman–Crippen MR) is 92.7 cm³/mol. The van der Waals surface area contributed by atoms with Gasteiger partial charge in [-0.05, 0) is 0 Å². The third kappa shape index (κ3) is 3.92. The Morgan fingerprint density at radius 1 is 0.619 bits per heavy atom. The zero-order chi connectivity index (χ0) is 16.5. The van der Waals surface area contributed by atoms with E-state index in [-0.39, 0.29) is 0 Å². The minimum absolute atomic E-state index is 1.06. The summed E-state index contributed by atoms with van der Waals surface area (Å²) in [5, 5.41) is 0. The van der Waals surface area contributed by atoms with Gasteiger partial charge < -0.3 is 0 Å². The van der Waals surface area contributed by atoms with Crippen LogP contribution >= 0.6 is 0 Å². The topological polar surface area (TPSA) is 35.7 Å². The van der Waals surface area contributed by atoms with Gasteiger partial charge in [0.05, 0.1) is 0 Å². The van der Waals surface area contributed by atoms with Crippen LogP contribution in [0.5, 0.6) is 0 Å². The zero-order valence-corrected chi connectivity index (χ0v) is 17.9. The van der Waals surface area contributed by atoms with E-state index in [4.69, 9.17) is 4.14 Å². The van der Waals surface area contributed by atoms with Gasteiger partial charge in [-0.2, -0.15) is 0 Å². The first-order chi connectivity index (χ1) is 9.94. The number of hydrogen-bond acceptors (Lipinski definition) is 4. The fraction of sp³-hybridized carbons (Fsp3) is 1.00. The van der Waals surface area contributed by atoms with E-state index in [0.29, 0.717) is 0 Å². The molecule has 0 aliphatic rings. The van der Waals surface area contributed by atoms with E-state index in [0.717, 1.165) is 39.3 Å². The summed E-state index contributed by atoms with van der Waals surface area (Å²) in [6.07, 6.45) is 2.46. The molecule has 0 aromatic rings. The molecule has 0 heterocycles. The van der Waals surface area contributed by atoms with Crippen LogP contribution in [0.25, 0.3) is 0 Å². The first kappa shape index (κ1) is 21.6. The van der Waals surface area contributed by atoms with E-state index in [1.54, 1.807) is 0 Å². The second-order valence-electron chi connectivity index (χ2n) is 5.72. The van der Waals surface area contributed by atoms with Crippen LogP contribution in [0.15, 0.2) is 0 Å². The Labute approximate surface area is 136 Å². The van der Waals surface area contributed by atoms with Crippen molar-refractivity contribution < 1.29 is 16.9 Å². The van der Waals surface area contributed by atoms with Crippen molar-refractivity contribution in [1.82, 2.24) is 9.91 Å². The molecule has 2 N–H and O–H groups in total. The summed E-state index contributed by atoms with van der Waals surface area (Å²) in [4.78, 5) is 0. The Bertz CT molecular complexity index is 239. The van der Waals surface area contributed by atoms with Crippen molar-refractivity contribution in [2.45, 2.75) is 65.9 Å². The van der Waals surface area contributed by atoms with Crippen molar-refractivity contribution in [1.29, 1.82) is 0 Å². The maximum atomic E-state index is 7.58. The molecule has 0 aromatic carbocycles. The third-order valence-corrected chi connectivity index (χ3v) is 21.1. The molecule has 0 radical (unpaired) electrons. The molecule has 0 atom stereocenters. The summed E-state index contributed by atoms with van der Waals surface area (Å²) in [5.41, 5.74) is 0. The summed E-state index contributed by atoms with van der Waals surface area (Å²) >= 11 is -3.70. The molecule has 0 bridgehead atoms. The van der Waals surface area contributed by atoms with Gasteiger partial charge in [-0.25, -0.2) is 0 Å². The predicted octanol–water partition coefficient (Wildman–Crippen LogP) is 3.54. The number of hydrogen-bond donors (Lipinski definition) is 1. The molecule has 0 rings (SSSR count). The molecule has 0 unspecified atom stereocenters. The standard InChI is InChI=1S/3C4H10N.C4H9.H2N.Nb/c3*1-3-5-4-2;1-3-4-2;;/h3*3-4H2,1-2H3;1,3-4H2,2H3;1H2;/q3*-1;;-1;+4. The number of nitrogens with zero attached hydrogens (tertiary/aromatic N) is 3. The molecule has 5 heteroatoms. The summed E-state index contributed by atoms with van der Waals surface area (Å²) in [7, 11) is 0. The molecular formula is C16H41N4Nb. The maximum absolute atomic E-state index is 7.58. The summed E-state index contributed by atoms with van der Waals surface area (Å²) in [6.45, 7) is 22.3. The van der Waals surface area contributed by atoms with Gasteiger partial charge in [0.25, 0.3) is 0 Å². The third-order valence-electron chi connectivity index (χ3n) is 4.98. The molecule has 0 aliphatic heterocycles. The van der Waals surface area contributed by atoms with Gasteiger partial charge >= 0.3 is 136 Å². The van der Waals surface area contributed by atoms with Crippen molar-refractivity contribution in [3.8, 4) is 0 Å². The molecule has 0 amide bonds. The van der Waals surface area contributed by atoms with Gasteiger partial charge in [0.1, 0.15) is 0 Å². The van der Waals surface area contributed by atoms with E-state index < -0.39 is 16.9 Å². The summed E-state index contributed by atoms with van der Waals surface area (Å²) < 4.78 is 16.8. The van der Waals surface area contributed by atoms with Crippen LogP contribution in [0.2, 0.25) is 4.64 Å². The van der Waals surface area contributed by atoms with Crippen LogP contribution in [0.3, 0.4) is 0 Å². The molecule has 0 saturated heterocycles. The minimum atomic E-state index is -3.70. The van der Waals surface area contributed by atoms with E-state index in [2.05, 4.69) is 58.4 Å². The van der Waals surface area contributed by atoms with Crippen molar-refractivity contribution >= 4 is 0 Å². The first-order valence-corrected chi connectivity index (χ1v) is 14.8. The van der Waals surface area contributed by atoms with Crippen molar-refractivity contribution in [3.63, 3.8) is 0 Å². The summed E-state index contributed by atoms with van der Waals surface area (Å²) in [5.74, 6) is 0. The molecule has 0 fully saturated rings. The molecule has 21 heavy (non-hydrogen) atoms. The zero-order valence-electron chi connectivity index (χ0n) is 15.7. The Kier molecular flexibility index (Phi) is 9.93. The normalized spacial score (nSPS) is 14.9. The van der Waals surface area contributed by atoms with E-state index >= 15 is 0 Å². The van der Waals surface area contributed by atoms with Gasteiger partial charge in [0, 0.05) is 0 Å². The number of unbranched alkanes of at least 4 members (excludes halogenated alkanes) is 1. The van der Waals surface area contributed by atoms with E-state index in [1.165, 1.54) is 17.5 Å². The van der Waals surface area contributed by atoms with Crippen molar-refractivity contribution in [2.24, 2.45) is 4.14 Å². The van der Waals surface area contributed by atoms with E-state index in [1.807, 2.05) is 0 Å². The Morgan fingerprint density at radius 3 is 1.10 bits per heavy atom. The first-order valence-electron chi connectivity index (χ1n) is 9.02. The molecular weight excluding hydrogens is 341 g/mol. The van der Waals surface area contributed by atoms with Crippen LogP contribution in [0.4, 0.5) is 0 Å². The Hall–Kier alpha value is 0.580. The SMILES string of the molecule is CCC[CH2][Nb]([NH2])([N](CC)CC)([N](CC)CC)[N](CC)CC. The average molecular weight is 382 g/mol. The van der Waals surface area contributed by atoms with Crippen molar-refractivity contribution in [3.05, 3.63) is 0 Å². The molecule has 0 aromatic heterocycles. The molecule has 4 nitrogen and oxygen atoms in total. The van der Waals surface area contributed by atoms with Crippen LogP contribution in [-0.2, 0) is 16.9 Å². The Balaban J connectivity index is 6.15. The number of nitrogens with two attached hydrogens (primary N) is 1. The van der Waals surface area contributed by atoms with Gasteiger partial charge in [-0.15, -0.1) is 0 Å². The van der Waals surface area contributed by atoms with Crippen LogP contribution in [0.1, 0.15) is 61.3 Å². The Morgan fingerprint density at radius 2 is 0.905 bits per heavy atom. The quantitative estimate of drug-likeness (QED) is 0.524. The molecule has 0 spiro atoms. The average Bonchev–Trinajstić information content (AvgIpc) is 2.49. The van der Waals surface area contributed by atoms with Gasteiger partial charge in [0.2, 0.25) is 0 Å². The van der Waals surface area contributed by atoms with E-state index in [9.17, 15) is 0 Å². The fourth-order valence-corrected chi connectivity index (χ4v) is 20.0. The van der Waals surface area contributed by atoms with Crippen LogP contribution < -0.4 is 4.14 Å². The fourth-order valence-electron chi connectivity index (χ4n) is 3.94. The second kappa shape index (κ2) is 9.66. The van der Waals surface area contributed by atoms with Crippen LogP contribution in [0, 0.1) is 0 Å². The second-order valence-corrected chi connectivity index (χ2v) is 17.0. The number of rotatable bonds is 12. The van der Waals surface area contributed by atoms with Crippen LogP contribution in [-0.4, -0.2) is 49.2 Å². The summed E-state index contributed by atoms with van der Waals surface area (Å²) in [6, 6.07) is 0.